The highest BCUT2D eigenvalue weighted by Gasteiger charge is 2.57. The molecule has 4 atom stereocenters. The van der Waals surface area contributed by atoms with Crippen molar-refractivity contribution >= 4 is 42.6 Å². The molecule has 2 aromatic carbocycles. The summed E-state index contributed by atoms with van der Waals surface area (Å²) in [5.41, 5.74) is 3.68. The molecule has 1 aliphatic carbocycles. The number of hydrogen-bond donors (Lipinski definition) is 3. The molecule has 11 heteroatoms. The number of ether oxygens (including phenoxy) is 1. The van der Waals surface area contributed by atoms with Gasteiger partial charge in [-0.25, -0.2) is 0 Å². The summed E-state index contributed by atoms with van der Waals surface area (Å²) in [5, 5.41) is 29.9. The number of aliphatic carboxylic acids is 1. The number of hydrogen-bond acceptors (Lipinski definition) is 7. The summed E-state index contributed by atoms with van der Waals surface area (Å²) in [5.74, 6) is -1.99. The van der Waals surface area contributed by atoms with E-state index < -0.39 is 31.0 Å². The molecule has 9 nitrogen and oxygen atoms in total. The lowest BCUT2D eigenvalue weighted by Crippen LogP contribution is -2.46. The molecule has 0 saturated carbocycles. The van der Waals surface area contributed by atoms with Gasteiger partial charge in [-0.2, -0.15) is 0 Å². The van der Waals surface area contributed by atoms with Crippen LogP contribution in [-0.4, -0.2) is 64.3 Å². The Kier molecular flexibility index (Phi) is 10.7. The minimum Gasteiger partial charge on any atom is -0.508 e. The Morgan fingerprint density at radius 3 is 2.60 bits per heavy atom. The molecule has 0 radical (unpaired) electrons. The van der Waals surface area contributed by atoms with E-state index in [2.05, 4.69) is 0 Å². The average molecular weight is 636 g/mol. The maximum absolute atomic E-state index is 13.8. The minimum absolute atomic E-state index is 0.0587. The van der Waals surface area contributed by atoms with Crippen molar-refractivity contribution in [2.75, 3.05) is 13.2 Å². The van der Waals surface area contributed by atoms with E-state index in [0.717, 1.165) is 22.3 Å². The standard InChI is InChI=1S/C34H39BClNO8/c1-21(16-22-12-13-24(38)18-28(22)36)11-14-29-31-23(20-44-25-8-4-2-5-9-25)17-26-32(27(31)19-35(43)45-29)34(42)37(33(26)41)15-7-3-6-10-30(39)40/h2,4-5,8-9,12-13,16,18,26-27,29,32,38,43H,3,6-7,10-11,14-15,17,19-20H2,1H3,(H,39,40)/b21-16+/t26-,27+,29-,32-/m1/s1. The lowest BCUT2D eigenvalue weighted by Gasteiger charge is -2.43. The Morgan fingerprint density at radius 1 is 1.09 bits per heavy atom. The fourth-order valence-corrected chi connectivity index (χ4v) is 7.15. The molecule has 0 spiro atoms. The van der Waals surface area contributed by atoms with Crippen molar-refractivity contribution in [2.24, 2.45) is 17.8 Å². The van der Waals surface area contributed by atoms with Crippen LogP contribution in [0.5, 0.6) is 11.5 Å². The lowest BCUT2D eigenvalue weighted by molar-refractivity contribution is -0.141. The molecule has 2 amide bonds. The number of phenolic OH excluding ortho intramolecular Hbond substituents is 1. The Labute approximate surface area is 268 Å². The van der Waals surface area contributed by atoms with Crippen LogP contribution >= 0.6 is 11.6 Å². The zero-order valence-electron chi connectivity index (χ0n) is 25.4. The molecule has 238 valence electrons. The van der Waals surface area contributed by atoms with E-state index in [4.69, 9.17) is 26.1 Å². The Hall–Kier alpha value is -3.60. The molecule has 0 bridgehead atoms. The largest absolute Gasteiger partial charge is 0.508 e. The zero-order valence-corrected chi connectivity index (χ0v) is 26.1. The van der Waals surface area contributed by atoms with Gasteiger partial charge < -0.3 is 24.6 Å². The molecule has 0 aromatic heterocycles. The number of unbranched alkanes of at least 4 members (excludes halogenated alkanes) is 2. The zero-order chi connectivity index (χ0) is 32.1. The number of imide groups is 1. The van der Waals surface area contributed by atoms with E-state index in [1.165, 1.54) is 11.0 Å². The second-order valence-corrected chi connectivity index (χ2v) is 12.6. The molecular weight excluding hydrogens is 597 g/mol. The Morgan fingerprint density at radius 2 is 1.87 bits per heavy atom. The summed E-state index contributed by atoms with van der Waals surface area (Å²) in [4.78, 5) is 39.6. The Balaban J connectivity index is 1.38. The van der Waals surface area contributed by atoms with Gasteiger partial charge in [0.1, 0.15) is 18.1 Å². The third-order valence-electron chi connectivity index (χ3n) is 9.01. The molecule has 2 saturated heterocycles. The number of likely N-dealkylation sites (tertiary alicyclic amines) is 1. The van der Waals surface area contributed by atoms with E-state index in [9.17, 15) is 24.5 Å². The minimum atomic E-state index is -1.08. The lowest BCUT2D eigenvalue weighted by atomic mass is 9.58. The van der Waals surface area contributed by atoms with Crippen molar-refractivity contribution in [1.29, 1.82) is 0 Å². The maximum Gasteiger partial charge on any atom is 0.455 e. The molecule has 2 heterocycles. The fourth-order valence-electron chi connectivity index (χ4n) is 6.92. The smallest absolute Gasteiger partial charge is 0.455 e. The number of fused-ring (bicyclic) bond motifs is 3. The number of allylic oxidation sites excluding steroid dienone is 1. The second kappa shape index (κ2) is 14.7. The molecule has 2 aromatic rings. The van der Waals surface area contributed by atoms with E-state index in [-0.39, 0.29) is 49.4 Å². The number of rotatable bonds is 13. The Bertz CT molecular complexity index is 1480. The van der Waals surface area contributed by atoms with Gasteiger partial charge in [0.25, 0.3) is 0 Å². The summed E-state index contributed by atoms with van der Waals surface area (Å²) >= 11 is 6.32. The summed E-state index contributed by atoms with van der Waals surface area (Å²) < 4.78 is 12.3. The summed E-state index contributed by atoms with van der Waals surface area (Å²) in [6.07, 6.45) is 4.95. The van der Waals surface area contributed by atoms with Crippen LogP contribution in [0.1, 0.15) is 57.4 Å². The number of phenols is 1. The summed E-state index contributed by atoms with van der Waals surface area (Å²) in [6.45, 7) is 2.48. The molecule has 2 fully saturated rings. The van der Waals surface area contributed by atoms with Crippen LogP contribution in [0.15, 0.2) is 65.3 Å². The highest BCUT2D eigenvalue weighted by Crippen LogP contribution is 2.50. The van der Waals surface area contributed by atoms with Crippen LogP contribution in [0.25, 0.3) is 6.08 Å². The van der Waals surface area contributed by atoms with E-state index in [1.54, 1.807) is 12.1 Å². The van der Waals surface area contributed by atoms with Crippen LogP contribution < -0.4 is 4.74 Å². The van der Waals surface area contributed by atoms with Gasteiger partial charge in [0.05, 0.1) is 23.0 Å². The van der Waals surface area contributed by atoms with Crippen molar-refractivity contribution in [3.63, 3.8) is 0 Å². The fraction of sp³-hybridized carbons (Fsp3) is 0.441. The predicted molar refractivity (Wildman–Crippen MR) is 171 cm³/mol. The van der Waals surface area contributed by atoms with Crippen molar-refractivity contribution < 1.29 is 39.0 Å². The van der Waals surface area contributed by atoms with Gasteiger partial charge in [0.2, 0.25) is 11.8 Å². The van der Waals surface area contributed by atoms with E-state index >= 15 is 0 Å². The second-order valence-electron chi connectivity index (χ2n) is 12.2. The molecule has 5 rings (SSSR count). The number of halogens is 1. The predicted octanol–water partition coefficient (Wildman–Crippen LogP) is 5.75. The molecule has 45 heavy (non-hydrogen) atoms. The number of benzene rings is 2. The van der Waals surface area contributed by atoms with Crippen LogP contribution in [0.3, 0.4) is 0 Å². The van der Waals surface area contributed by atoms with Gasteiger partial charge in [0, 0.05) is 13.0 Å². The van der Waals surface area contributed by atoms with Crippen molar-refractivity contribution in [3.05, 3.63) is 75.8 Å². The summed E-state index contributed by atoms with van der Waals surface area (Å²) in [6, 6.07) is 14.2. The number of aromatic hydroxyl groups is 1. The molecule has 0 unspecified atom stereocenters. The van der Waals surface area contributed by atoms with Gasteiger partial charge in [-0.3, -0.25) is 19.3 Å². The number of amides is 2. The third kappa shape index (κ3) is 7.80. The van der Waals surface area contributed by atoms with E-state index in [0.29, 0.717) is 49.3 Å². The number of para-hydroxylation sites is 1. The quantitative estimate of drug-likeness (QED) is 0.110. The van der Waals surface area contributed by atoms with Crippen LogP contribution in [0, 0.1) is 17.8 Å². The van der Waals surface area contributed by atoms with Gasteiger partial charge in [0.15, 0.2) is 0 Å². The van der Waals surface area contributed by atoms with Crippen LogP contribution in [0.4, 0.5) is 0 Å². The van der Waals surface area contributed by atoms with Crippen molar-refractivity contribution in [2.45, 2.75) is 64.3 Å². The first-order chi connectivity index (χ1) is 21.6. The maximum atomic E-state index is 13.8. The topological polar surface area (TPSA) is 134 Å². The number of carboxylic acid groups (broad SMARTS) is 1. The first kappa shape index (κ1) is 32.8. The van der Waals surface area contributed by atoms with Gasteiger partial charge >= 0.3 is 13.1 Å². The van der Waals surface area contributed by atoms with Crippen LogP contribution in [0.2, 0.25) is 11.3 Å². The van der Waals surface area contributed by atoms with Crippen molar-refractivity contribution in [3.8, 4) is 11.5 Å². The molecule has 3 N–H and O–H groups in total. The number of nitrogens with zero attached hydrogens (tertiary/aromatic N) is 1. The van der Waals surface area contributed by atoms with Gasteiger partial charge in [-0.05, 0) is 98.3 Å². The molecule has 2 aliphatic heterocycles. The third-order valence-corrected chi connectivity index (χ3v) is 9.34. The SMILES string of the molecule is C/C(=C\c1ccc(O)cc1Cl)CC[C@H]1OB(O)C[C@H]2C1=C(COc1ccccc1)C[C@H]1C(=O)N(CCCCCC(=O)O)C(=O)[C@H]12. The molecular formula is C34H39BClNO8. The average Bonchev–Trinajstić information content (AvgIpc) is 3.24. The summed E-state index contributed by atoms with van der Waals surface area (Å²) in [7, 11) is -1.08. The molecule has 3 aliphatic rings. The number of carbonyl (C=O) groups is 3. The highest BCUT2D eigenvalue weighted by atomic mass is 35.5. The normalized spacial score (nSPS) is 23.3. The first-order valence-electron chi connectivity index (χ1n) is 15.6. The van der Waals surface area contributed by atoms with Gasteiger partial charge in [-0.15, -0.1) is 0 Å². The van der Waals surface area contributed by atoms with Gasteiger partial charge in [-0.1, -0.05) is 47.9 Å². The van der Waals surface area contributed by atoms with Crippen LogP contribution in [-0.2, 0) is 19.0 Å². The number of carboxylic acids is 1. The number of carbonyl (C=O) groups excluding carboxylic acids is 2. The van der Waals surface area contributed by atoms with E-state index in [1.807, 2.05) is 43.3 Å². The highest BCUT2D eigenvalue weighted by molar-refractivity contribution is 6.43. The van der Waals surface area contributed by atoms with Crippen molar-refractivity contribution in [1.82, 2.24) is 4.90 Å². The monoisotopic (exact) mass is 635 g/mol. The first-order valence-corrected chi connectivity index (χ1v) is 16.0.